The lowest BCUT2D eigenvalue weighted by Crippen LogP contribution is -2.45. The van der Waals surface area contributed by atoms with Gasteiger partial charge in [0.25, 0.3) is 5.91 Å². The van der Waals surface area contributed by atoms with Gasteiger partial charge in [0, 0.05) is 0 Å². The van der Waals surface area contributed by atoms with Crippen molar-refractivity contribution in [2.45, 2.75) is 37.8 Å². The SMILES string of the molecule is O=C(N[C@H]1CCCC[C@@H]1O)c1c(F)cccc1F. The van der Waals surface area contributed by atoms with E-state index in [4.69, 9.17) is 0 Å². The molecule has 5 heteroatoms. The van der Waals surface area contributed by atoms with E-state index in [1.54, 1.807) is 0 Å². The fraction of sp³-hybridized carbons (Fsp3) is 0.462. The molecule has 98 valence electrons. The average molecular weight is 255 g/mol. The molecular weight excluding hydrogens is 240 g/mol. The molecular formula is C13H15F2NO2. The Bertz CT molecular complexity index is 430. The maximum atomic E-state index is 13.4. The molecule has 0 aromatic heterocycles. The molecule has 2 rings (SSSR count). The van der Waals surface area contributed by atoms with Gasteiger partial charge in [0.1, 0.15) is 17.2 Å². The fourth-order valence-corrected chi connectivity index (χ4v) is 2.23. The first kappa shape index (κ1) is 13.0. The third-order valence-electron chi connectivity index (χ3n) is 3.24. The Morgan fingerprint density at radius 2 is 1.83 bits per heavy atom. The van der Waals surface area contributed by atoms with Gasteiger partial charge in [-0.1, -0.05) is 18.9 Å². The van der Waals surface area contributed by atoms with Gasteiger partial charge in [-0.15, -0.1) is 0 Å². The molecule has 0 aliphatic heterocycles. The van der Waals surface area contributed by atoms with Crippen molar-refractivity contribution in [2.24, 2.45) is 0 Å². The summed E-state index contributed by atoms with van der Waals surface area (Å²) in [6, 6.07) is 2.85. The summed E-state index contributed by atoms with van der Waals surface area (Å²) in [5.41, 5.74) is -0.588. The number of hydrogen-bond donors (Lipinski definition) is 2. The molecule has 2 N–H and O–H groups in total. The molecule has 0 heterocycles. The number of hydrogen-bond acceptors (Lipinski definition) is 2. The van der Waals surface area contributed by atoms with Crippen molar-refractivity contribution < 1.29 is 18.7 Å². The molecule has 0 spiro atoms. The maximum absolute atomic E-state index is 13.4. The number of amides is 1. The van der Waals surface area contributed by atoms with Crippen LogP contribution in [0.15, 0.2) is 18.2 Å². The van der Waals surface area contributed by atoms with Gasteiger partial charge in [0.15, 0.2) is 0 Å². The summed E-state index contributed by atoms with van der Waals surface area (Å²) in [6.45, 7) is 0. The fourth-order valence-electron chi connectivity index (χ4n) is 2.23. The summed E-state index contributed by atoms with van der Waals surface area (Å²) in [4.78, 5) is 11.8. The largest absolute Gasteiger partial charge is 0.391 e. The van der Waals surface area contributed by atoms with Crippen molar-refractivity contribution in [3.8, 4) is 0 Å². The summed E-state index contributed by atoms with van der Waals surface area (Å²) in [5.74, 6) is -2.59. The number of halogens is 2. The second-order valence-corrected chi connectivity index (χ2v) is 4.53. The molecule has 1 aromatic carbocycles. The van der Waals surface area contributed by atoms with Gasteiger partial charge in [0.2, 0.25) is 0 Å². The monoisotopic (exact) mass is 255 g/mol. The van der Waals surface area contributed by atoms with Gasteiger partial charge in [-0.25, -0.2) is 8.78 Å². The number of nitrogens with one attached hydrogen (secondary N) is 1. The number of benzene rings is 1. The van der Waals surface area contributed by atoms with Crippen LogP contribution in [0.5, 0.6) is 0 Å². The molecule has 1 aliphatic rings. The molecule has 0 unspecified atom stereocenters. The van der Waals surface area contributed by atoms with E-state index in [9.17, 15) is 18.7 Å². The first-order valence-corrected chi connectivity index (χ1v) is 6.02. The zero-order chi connectivity index (χ0) is 13.1. The third-order valence-corrected chi connectivity index (χ3v) is 3.24. The van der Waals surface area contributed by atoms with Crippen molar-refractivity contribution in [2.75, 3.05) is 0 Å². The molecule has 1 aromatic rings. The van der Waals surface area contributed by atoms with Crippen LogP contribution < -0.4 is 5.32 Å². The number of carbonyl (C=O) groups excluding carboxylic acids is 1. The lowest BCUT2D eigenvalue weighted by atomic mass is 9.92. The molecule has 0 saturated heterocycles. The minimum absolute atomic E-state index is 0.426. The van der Waals surface area contributed by atoms with E-state index < -0.39 is 35.3 Å². The van der Waals surface area contributed by atoms with Gasteiger partial charge in [0.05, 0.1) is 12.1 Å². The summed E-state index contributed by atoms with van der Waals surface area (Å²) in [6.07, 6.45) is 2.38. The van der Waals surface area contributed by atoms with E-state index in [0.29, 0.717) is 12.8 Å². The molecule has 0 radical (unpaired) electrons. The Morgan fingerprint density at radius 3 is 2.44 bits per heavy atom. The molecule has 1 saturated carbocycles. The second kappa shape index (κ2) is 5.44. The van der Waals surface area contributed by atoms with Gasteiger partial charge >= 0.3 is 0 Å². The predicted octanol–water partition coefficient (Wildman–Crippen LogP) is 2.00. The third kappa shape index (κ3) is 2.67. The predicted molar refractivity (Wildman–Crippen MR) is 62.1 cm³/mol. The zero-order valence-corrected chi connectivity index (χ0v) is 9.83. The molecule has 3 nitrogen and oxygen atoms in total. The first-order chi connectivity index (χ1) is 8.59. The molecule has 1 aliphatic carbocycles. The Kier molecular flexibility index (Phi) is 3.91. The van der Waals surface area contributed by atoms with Gasteiger partial charge in [-0.3, -0.25) is 4.79 Å². The molecule has 2 atom stereocenters. The quantitative estimate of drug-likeness (QED) is 0.849. The summed E-state index contributed by atoms with van der Waals surface area (Å²) >= 11 is 0. The van der Waals surface area contributed by atoms with Gasteiger partial charge in [-0.05, 0) is 25.0 Å². The maximum Gasteiger partial charge on any atom is 0.257 e. The lowest BCUT2D eigenvalue weighted by molar-refractivity contribution is 0.0711. The van der Waals surface area contributed by atoms with Crippen LogP contribution in [0, 0.1) is 11.6 Å². The number of aliphatic hydroxyl groups is 1. The smallest absolute Gasteiger partial charge is 0.257 e. The van der Waals surface area contributed by atoms with E-state index in [1.165, 1.54) is 6.07 Å². The van der Waals surface area contributed by atoms with E-state index in [0.717, 1.165) is 25.0 Å². The topological polar surface area (TPSA) is 49.3 Å². The minimum Gasteiger partial charge on any atom is -0.391 e. The van der Waals surface area contributed by atoms with Crippen molar-refractivity contribution >= 4 is 5.91 Å². The average Bonchev–Trinajstić information content (AvgIpc) is 2.32. The summed E-state index contributed by atoms with van der Waals surface area (Å²) in [5, 5.41) is 12.2. The number of carbonyl (C=O) groups is 1. The van der Waals surface area contributed by atoms with E-state index in [1.807, 2.05) is 0 Å². The summed E-state index contributed by atoms with van der Waals surface area (Å²) < 4.78 is 26.8. The standard InChI is InChI=1S/C13H15F2NO2/c14-8-4-3-5-9(15)12(8)13(18)16-10-6-1-2-7-11(10)17/h3-5,10-11,17H,1-2,6-7H2,(H,16,18)/t10-,11-/m0/s1. The van der Waals surface area contributed by atoms with E-state index in [-0.39, 0.29) is 0 Å². The van der Waals surface area contributed by atoms with Gasteiger partial charge in [-0.2, -0.15) is 0 Å². The minimum atomic E-state index is -0.891. The van der Waals surface area contributed by atoms with Crippen LogP contribution in [0.3, 0.4) is 0 Å². The molecule has 18 heavy (non-hydrogen) atoms. The lowest BCUT2D eigenvalue weighted by Gasteiger charge is -2.28. The van der Waals surface area contributed by atoms with Crippen LogP contribution in [0.1, 0.15) is 36.0 Å². The first-order valence-electron chi connectivity index (χ1n) is 6.02. The zero-order valence-electron chi connectivity index (χ0n) is 9.83. The highest BCUT2D eigenvalue weighted by Gasteiger charge is 2.26. The van der Waals surface area contributed by atoms with Crippen LogP contribution in [0.4, 0.5) is 8.78 Å². The van der Waals surface area contributed by atoms with Crippen LogP contribution in [0.2, 0.25) is 0 Å². The number of aliphatic hydroxyl groups excluding tert-OH is 1. The van der Waals surface area contributed by atoms with Crippen molar-refractivity contribution in [3.05, 3.63) is 35.4 Å². The van der Waals surface area contributed by atoms with Crippen molar-refractivity contribution in [3.63, 3.8) is 0 Å². The van der Waals surface area contributed by atoms with Crippen LogP contribution in [-0.4, -0.2) is 23.2 Å². The van der Waals surface area contributed by atoms with Crippen LogP contribution in [0.25, 0.3) is 0 Å². The highest BCUT2D eigenvalue weighted by Crippen LogP contribution is 2.19. The Balaban J connectivity index is 2.12. The van der Waals surface area contributed by atoms with Crippen LogP contribution >= 0.6 is 0 Å². The number of rotatable bonds is 2. The van der Waals surface area contributed by atoms with E-state index >= 15 is 0 Å². The second-order valence-electron chi connectivity index (χ2n) is 4.53. The normalized spacial score (nSPS) is 23.7. The Morgan fingerprint density at radius 1 is 1.22 bits per heavy atom. The Labute approximate surface area is 104 Å². The molecule has 1 fully saturated rings. The van der Waals surface area contributed by atoms with Gasteiger partial charge < -0.3 is 10.4 Å². The summed E-state index contributed by atoms with van der Waals surface area (Å²) in [7, 11) is 0. The Hall–Kier alpha value is -1.49. The molecule has 1 amide bonds. The highest BCUT2D eigenvalue weighted by atomic mass is 19.1. The van der Waals surface area contributed by atoms with Crippen molar-refractivity contribution in [1.82, 2.24) is 5.32 Å². The molecule has 0 bridgehead atoms. The van der Waals surface area contributed by atoms with Crippen LogP contribution in [-0.2, 0) is 0 Å². The highest BCUT2D eigenvalue weighted by molar-refractivity contribution is 5.94. The van der Waals surface area contributed by atoms with Crippen molar-refractivity contribution in [1.29, 1.82) is 0 Å². The van der Waals surface area contributed by atoms with E-state index in [2.05, 4.69) is 5.32 Å².